The highest BCUT2D eigenvalue weighted by atomic mass is 32.2. The van der Waals surface area contributed by atoms with Crippen molar-refractivity contribution >= 4 is 23.6 Å². The van der Waals surface area contributed by atoms with Crippen molar-refractivity contribution in [1.82, 2.24) is 5.32 Å². The predicted octanol–water partition coefficient (Wildman–Crippen LogP) is 2.19. The van der Waals surface area contributed by atoms with E-state index in [4.69, 9.17) is 5.11 Å². The van der Waals surface area contributed by atoms with Crippen LogP contribution in [-0.2, 0) is 11.2 Å². The highest BCUT2D eigenvalue weighted by Crippen LogP contribution is 2.09. The number of thioether (sulfide) groups is 1. The van der Waals surface area contributed by atoms with Crippen LogP contribution in [0.25, 0.3) is 0 Å². The van der Waals surface area contributed by atoms with Crippen molar-refractivity contribution in [2.24, 2.45) is 0 Å². The van der Waals surface area contributed by atoms with Crippen LogP contribution in [0, 0.1) is 0 Å². The van der Waals surface area contributed by atoms with Crippen molar-refractivity contribution in [1.29, 1.82) is 0 Å². The van der Waals surface area contributed by atoms with Crippen molar-refractivity contribution in [3.05, 3.63) is 35.4 Å². The molecule has 0 radical (unpaired) electrons. The van der Waals surface area contributed by atoms with E-state index in [-0.39, 0.29) is 11.5 Å². The van der Waals surface area contributed by atoms with Gasteiger partial charge in [-0.05, 0) is 30.4 Å². The molecule has 1 atom stereocenters. The van der Waals surface area contributed by atoms with Gasteiger partial charge in [-0.25, -0.2) is 4.79 Å². The predicted molar refractivity (Wildman–Crippen MR) is 77.7 cm³/mol. The van der Waals surface area contributed by atoms with E-state index in [1.54, 1.807) is 30.0 Å². The summed E-state index contributed by atoms with van der Waals surface area (Å²) in [7, 11) is 0. The number of carboxylic acid groups (broad SMARTS) is 1. The molecule has 1 aromatic carbocycles. The molecule has 0 heterocycles. The van der Waals surface area contributed by atoms with Gasteiger partial charge in [0.05, 0.1) is 5.56 Å². The fourth-order valence-electron chi connectivity index (χ4n) is 1.62. The van der Waals surface area contributed by atoms with Gasteiger partial charge in [-0.15, -0.1) is 0 Å². The van der Waals surface area contributed by atoms with Crippen molar-refractivity contribution in [3.63, 3.8) is 0 Å². The molecule has 19 heavy (non-hydrogen) atoms. The number of carbonyl (C=O) groups excluding carboxylic acids is 1. The third-order valence-corrected chi connectivity index (χ3v) is 3.76. The first-order chi connectivity index (χ1) is 9.02. The Bertz CT molecular complexity index is 448. The summed E-state index contributed by atoms with van der Waals surface area (Å²) < 4.78 is 0. The molecule has 0 bridgehead atoms. The van der Waals surface area contributed by atoms with E-state index in [1.165, 1.54) is 0 Å². The van der Waals surface area contributed by atoms with E-state index >= 15 is 0 Å². The highest BCUT2D eigenvalue weighted by Gasteiger charge is 2.07. The lowest BCUT2D eigenvalue weighted by Gasteiger charge is -2.09. The Labute approximate surface area is 117 Å². The average Bonchev–Trinajstić information content (AvgIpc) is 2.38. The molecule has 0 aliphatic carbocycles. The Hall–Kier alpha value is -1.49. The molecule has 1 unspecified atom stereocenters. The van der Waals surface area contributed by atoms with E-state index in [9.17, 15) is 9.59 Å². The molecule has 1 amide bonds. The highest BCUT2D eigenvalue weighted by molar-refractivity contribution is 7.99. The Morgan fingerprint density at radius 2 is 2.16 bits per heavy atom. The molecule has 4 nitrogen and oxygen atoms in total. The second-order valence-corrected chi connectivity index (χ2v) is 5.63. The fourth-order valence-corrected chi connectivity index (χ4v) is 1.94. The maximum Gasteiger partial charge on any atom is 0.335 e. The first-order valence-corrected chi connectivity index (χ1v) is 7.43. The number of aromatic carboxylic acids is 1. The Balaban J connectivity index is 2.39. The maximum absolute atomic E-state index is 11.6. The Morgan fingerprint density at radius 3 is 2.79 bits per heavy atom. The SMILES string of the molecule is CSC(C)CC(=O)NCCc1cccc(C(=O)O)c1. The molecule has 5 heteroatoms. The van der Waals surface area contributed by atoms with Gasteiger partial charge in [0.25, 0.3) is 0 Å². The second-order valence-electron chi connectivity index (χ2n) is 4.36. The molecular weight excluding hydrogens is 262 g/mol. The molecule has 1 aromatic rings. The molecule has 2 N–H and O–H groups in total. The molecular formula is C14H19NO3S. The number of amides is 1. The van der Waals surface area contributed by atoms with Gasteiger partial charge in [-0.1, -0.05) is 19.1 Å². The van der Waals surface area contributed by atoms with Crippen LogP contribution >= 0.6 is 11.8 Å². The minimum absolute atomic E-state index is 0.0382. The summed E-state index contributed by atoms with van der Waals surface area (Å²) in [5.74, 6) is -0.893. The lowest BCUT2D eigenvalue weighted by Crippen LogP contribution is -2.27. The van der Waals surface area contributed by atoms with Gasteiger partial charge in [-0.2, -0.15) is 11.8 Å². The van der Waals surface area contributed by atoms with Gasteiger partial charge >= 0.3 is 5.97 Å². The molecule has 0 fully saturated rings. The molecule has 0 saturated heterocycles. The van der Waals surface area contributed by atoms with Gasteiger partial charge in [-0.3, -0.25) is 4.79 Å². The van der Waals surface area contributed by atoms with Crippen molar-refractivity contribution < 1.29 is 14.7 Å². The lowest BCUT2D eigenvalue weighted by molar-refractivity contribution is -0.120. The summed E-state index contributed by atoms with van der Waals surface area (Å²) in [4.78, 5) is 22.4. The molecule has 0 saturated carbocycles. The number of hydrogen-bond donors (Lipinski definition) is 2. The Kier molecular flexibility index (Phi) is 6.42. The van der Waals surface area contributed by atoms with Crippen molar-refractivity contribution in [2.45, 2.75) is 25.0 Å². The first kappa shape index (κ1) is 15.6. The third-order valence-electron chi connectivity index (χ3n) is 2.78. The number of carboxylic acids is 1. The number of nitrogens with one attached hydrogen (secondary N) is 1. The molecule has 0 spiro atoms. The van der Waals surface area contributed by atoms with Crippen LogP contribution in [0.1, 0.15) is 29.3 Å². The monoisotopic (exact) mass is 281 g/mol. The topological polar surface area (TPSA) is 66.4 Å². The van der Waals surface area contributed by atoms with E-state index in [1.807, 2.05) is 19.2 Å². The Morgan fingerprint density at radius 1 is 1.42 bits per heavy atom. The summed E-state index contributed by atoms with van der Waals surface area (Å²) in [6.07, 6.45) is 3.13. The summed E-state index contributed by atoms with van der Waals surface area (Å²) >= 11 is 1.66. The summed E-state index contributed by atoms with van der Waals surface area (Å²) in [6, 6.07) is 6.78. The van der Waals surface area contributed by atoms with Crippen LogP contribution in [0.5, 0.6) is 0 Å². The van der Waals surface area contributed by atoms with E-state index < -0.39 is 5.97 Å². The largest absolute Gasteiger partial charge is 0.478 e. The zero-order chi connectivity index (χ0) is 14.3. The number of hydrogen-bond acceptors (Lipinski definition) is 3. The summed E-state index contributed by atoms with van der Waals surface area (Å²) in [5.41, 5.74) is 1.19. The molecule has 0 aliphatic rings. The zero-order valence-corrected chi connectivity index (χ0v) is 12.0. The van der Waals surface area contributed by atoms with Crippen molar-refractivity contribution in [2.75, 3.05) is 12.8 Å². The minimum atomic E-state index is -0.931. The number of carbonyl (C=O) groups is 2. The zero-order valence-electron chi connectivity index (χ0n) is 11.2. The lowest BCUT2D eigenvalue weighted by atomic mass is 10.1. The normalized spacial score (nSPS) is 11.9. The molecule has 104 valence electrons. The van der Waals surface area contributed by atoms with E-state index in [0.29, 0.717) is 24.6 Å². The van der Waals surface area contributed by atoms with Crippen molar-refractivity contribution in [3.8, 4) is 0 Å². The van der Waals surface area contributed by atoms with Crippen LogP contribution in [-0.4, -0.2) is 35.0 Å². The molecule has 0 aromatic heterocycles. The third kappa shape index (κ3) is 5.79. The van der Waals surface area contributed by atoms with E-state index in [0.717, 1.165) is 5.56 Å². The number of rotatable bonds is 7. The van der Waals surface area contributed by atoms with Gasteiger partial charge in [0.15, 0.2) is 0 Å². The van der Waals surface area contributed by atoms with Crippen LogP contribution in [0.4, 0.5) is 0 Å². The van der Waals surface area contributed by atoms with Crippen LogP contribution in [0.2, 0.25) is 0 Å². The van der Waals surface area contributed by atoms with Gasteiger partial charge < -0.3 is 10.4 Å². The fraction of sp³-hybridized carbons (Fsp3) is 0.429. The average molecular weight is 281 g/mol. The quantitative estimate of drug-likeness (QED) is 0.804. The summed E-state index contributed by atoms with van der Waals surface area (Å²) in [6.45, 7) is 2.55. The summed E-state index contributed by atoms with van der Waals surface area (Å²) in [5, 5.41) is 12.0. The minimum Gasteiger partial charge on any atom is -0.478 e. The molecule has 1 rings (SSSR count). The first-order valence-electron chi connectivity index (χ1n) is 6.14. The standard InChI is InChI=1S/C14H19NO3S/c1-10(19-2)8-13(16)15-7-6-11-4-3-5-12(9-11)14(17)18/h3-5,9-10H,6-8H2,1-2H3,(H,15,16)(H,17,18). The van der Waals surface area contributed by atoms with Gasteiger partial charge in [0.1, 0.15) is 0 Å². The smallest absolute Gasteiger partial charge is 0.335 e. The maximum atomic E-state index is 11.6. The molecule has 0 aliphatic heterocycles. The van der Waals surface area contributed by atoms with Crippen LogP contribution in [0.15, 0.2) is 24.3 Å². The van der Waals surface area contributed by atoms with Crippen LogP contribution in [0.3, 0.4) is 0 Å². The van der Waals surface area contributed by atoms with E-state index in [2.05, 4.69) is 5.32 Å². The van der Waals surface area contributed by atoms with Crippen LogP contribution < -0.4 is 5.32 Å². The second kappa shape index (κ2) is 7.84. The van der Waals surface area contributed by atoms with Gasteiger partial charge in [0.2, 0.25) is 5.91 Å². The van der Waals surface area contributed by atoms with Gasteiger partial charge in [0, 0.05) is 18.2 Å². The number of benzene rings is 1.